The Hall–Kier alpha value is -0.570. The molecule has 0 aromatic carbocycles. The molecule has 0 aromatic heterocycles. The summed E-state index contributed by atoms with van der Waals surface area (Å²) in [5, 5.41) is 0. The lowest BCUT2D eigenvalue weighted by molar-refractivity contribution is -0.181. The lowest BCUT2D eigenvalue weighted by Gasteiger charge is -2.35. The summed E-state index contributed by atoms with van der Waals surface area (Å²) in [6.45, 7) is 13.0. The van der Waals surface area contributed by atoms with E-state index in [1.54, 1.807) is 0 Å². The van der Waals surface area contributed by atoms with E-state index >= 15 is 0 Å². The smallest absolute Gasteiger partial charge is 0.303 e. The van der Waals surface area contributed by atoms with E-state index in [-0.39, 0.29) is 17.7 Å². The van der Waals surface area contributed by atoms with Crippen LogP contribution in [0.2, 0.25) is 0 Å². The van der Waals surface area contributed by atoms with Gasteiger partial charge in [0.25, 0.3) is 0 Å². The highest BCUT2D eigenvalue weighted by atomic mass is 16.6. The second-order valence-corrected chi connectivity index (χ2v) is 5.07. The summed E-state index contributed by atoms with van der Waals surface area (Å²) in [6.07, 6.45) is -0.133. The minimum atomic E-state index is -0.584. The monoisotopic (exact) mass is 202 g/mol. The van der Waals surface area contributed by atoms with Crippen LogP contribution in [0.3, 0.4) is 0 Å². The van der Waals surface area contributed by atoms with Crippen LogP contribution in [0.1, 0.15) is 48.5 Å². The lowest BCUT2D eigenvalue weighted by atomic mass is 10.0. The first-order valence-electron chi connectivity index (χ1n) is 4.92. The molecule has 0 rings (SSSR count). The van der Waals surface area contributed by atoms with Crippen LogP contribution in [-0.2, 0) is 14.3 Å². The van der Waals surface area contributed by atoms with Crippen LogP contribution in [0.15, 0.2) is 0 Å². The Morgan fingerprint density at radius 2 is 1.57 bits per heavy atom. The van der Waals surface area contributed by atoms with Crippen LogP contribution in [0.4, 0.5) is 0 Å². The molecule has 0 radical (unpaired) electrons. The maximum Gasteiger partial charge on any atom is 0.303 e. The zero-order valence-corrected chi connectivity index (χ0v) is 10.3. The molecule has 0 fully saturated rings. The van der Waals surface area contributed by atoms with Crippen molar-refractivity contribution in [3.63, 3.8) is 0 Å². The fourth-order valence-corrected chi connectivity index (χ4v) is 1.13. The van der Waals surface area contributed by atoms with Crippen molar-refractivity contribution in [2.45, 2.75) is 65.8 Å². The second kappa shape index (κ2) is 4.30. The molecule has 3 nitrogen and oxygen atoms in total. The van der Waals surface area contributed by atoms with Gasteiger partial charge < -0.3 is 9.47 Å². The van der Waals surface area contributed by atoms with Gasteiger partial charge in [0.15, 0.2) is 0 Å². The van der Waals surface area contributed by atoms with Gasteiger partial charge in [-0.3, -0.25) is 4.79 Å². The summed E-state index contributed by atoms with van der Waals surface area (Å²) in [5.41, 5.74) is -0.810. The average Bonchev–Trinajstić information content (AvgIpc) is 1.79. The molecule has 0 aliphatic rings. The summed E-state index contributed by atoms with van der Waals surface area (Å²) in [5.74, 6) is -0.278. The normalized spacial score (nSPS) is 15.1. The Labute approximate surface area is 86.8 Å². The largest absolute Gasteiger partial charge is 0.457 e. The van der Waals surface area contributed by atoms with E-state index in [0.717, 1.165) is 0 Å². The van der Waals surface area contributed by atoms with Crippen LogP contribution in [-0.4, -0.2) is 23.3 Å². The first-order chi connectivity index (χ1) is 6.04. The number of ether oxygens (including phenoxy) is 2. The van der Waals surface area contributed by atoms with E-state index in [2.05, 4.69) is 0 Å². The molecular formula is C11H22O3. The lowest BCUT2D eigenvalue weighted by Crippen LogP contribution is -2.43. The highest BCUT2D eigenvalue weighted by Crippen LogP contribution is 2.22. The Morgan fingerprint density at radius 3 is 1.86 bits per heavy atom. The van der Waals surface area contributed by atoms with E-state index < -0.39 is 5.60 Å². The summed E-state index contributed by atoms with van der Waals surface area (Å²) in [6, 6.07) is 0. The third kappa shape index (κ3) is 5.22. The first kappa shape index (κ1) is 13.4. The van der Waals surface area contributed by atoms with Crippen LogP contribution < -0.4 is 0 Å². The van der Waals surface area contributed by atoms with Crippen molar-refractivity contribution in [2.24, 2.45) is 0 Å². The van der Waals surface area contributed by atoms with Crippen molar-refractivity contribution in [1.29, 1.82) is 0 Å². The fourth-order valence-electron chi connectivity index (χ4n) is 1.13. The minimum absolute atomic E-state index is 0.133. The van der Waals surface area contributed by atoms with Gasteiger partial charge in [-0.15, -0.1) is 0 Å². The van der Waals surface area contributed by atoms with Gasteiger partial charge in [0.2, 0.25) is 0 Å². The van der Waals surface area contributed by atoms with E-state index in [1.165, 1.54) is 6.92 Å². The van der Waals surface area contributed by atoms with Gasteiger partial charge in [-0.1, -0.05) is 0 Å². The van der Waals surface area contributed by atoms with Gasteiger partial charge in [0, 0.05) is 6.92 Å². The molecular weight excluding hydrogens is 180 g/mol. The molecule has 0 bridgehead atoms. The maximum atomic E-state index is 10.9. The van der Waals surface area contributed by atoms with E-state index in [4.69, 9.17) is 9.47 Å². The fraction of sp³-hybridized carbons (Fsp3) is 0.909. The van der Waals surface area contributed by atoms with Crippen molar-refractivity contribution in [3.8, 4) is 0 Å². The summed E-state index contributed by atoms with van der Waals surface area (Å²) >= 11 is 0. The predicted octanol–water partition coefficient (Wildman–Crippen LogP) is 2.53. The van der Waals surface area contributed by atoms with Crippen molar-refractivity contribution in [3.05, 3.63) is 0 Å². The topological polar surface area (TPSA) is 35.5 Å². The highest BCUT2D eigenvalue weighted by Gasteiger charge is 2.32. The zero-order chi connectivity index (χ0) is 11.6. The molecule has 1 atom stereocenters. The Morgan fingerprint density at radius 1 is 1.14 bits per heavy atom. The Kier molecular flexibility index (Phi) is 4.13. The van der Waals surface area contributed by atoms with E-state index in [1.807, 2.05) is 41.5 Å². The van der Waals surface area contributed by atoms with Gasteiger partial charge >= 0.3 is 5.97 Å². The molecule has 0 N–H and O–H groups in total. The molecule has 14 heavy (non-hydrogen) atoms. The molecule has 0 saturated carbocycles. The van der Waals surface area contributed by atoms with E-state index in [0.29, 0.717) is 0 Å². The molecule has 0 aliphatic heterocycles. The number of carbonyl (C=O) groups excluding carboxylic acids is 1. The SMILES string of the molecule is CC(=O)OC(C)(C)C(C)OC(C)(C)C. The van der Waals surface area contributed by atoms with Gasteiger partial charge in [0.05, 0.1) is 11.7 Å². The quantitative estimate of drug-likeness (QED) is 0.660. The predicted molar refractivity (Wildman–Crippen MR) is 56.1 cm³/mol. The molecule has 0 aromatic rings. The maximum absolute atomic E-state index is 10.9. The first-order valence-corrected chi connectivity index (χ1v) is 4.92. The number of carbonyl (C=O) groups is 1. The van der Waals surface area contributed by atoms with Crippen LogP contribution in [0.25, 0.3) is 0 Å². The summed E-state index contributed by atoms with van der Waals surface area (Å²) in [4.78, 5) is 10.9. The molecule has 0 saturated heterocycles. The Balaban J connectivity index is 4.35. The van der Waals surface area contributed by atoms with Crippen molar-refractivity contribution in [1.82, 2.24) is 0 Å². The molecule has 84 valence electrons. The molecule has 0 amide bonds. The van der Waals surface area contributed by atoms with Crippen molar-refractivity contribution >= 4 is 5.97 Å². The van der Waals surface area contributed by atoms with Crippen molar-refractivity contribution < 1.29 is 14.3 Å². The number of hydrogen-bond donors (Lipinski definition) is 0. The van der Waals surface area contributed by atoms with Gasteiger partial charge in [0.1, 0.15) is 5.60 Å². The number of rotatable bonds is 3. The summed E-state index contributed by atoms with van der Waals surface area (Å²) < 4.78 is 10.9. The van der Waals surface area contributed by atoms with Crippen molar-refractivity contribution in [2.75, 3.05) is 0 Å². The molecule has 0 aliphatic carbocycles. The minimum Gasteiger partial charge on any atom is -0.457 e. The zero-order valence-electron chi connectivity index (χ0n) is 10.3. The van der Waals surface area contributed by atoms with Crippen LogP contribution in [0.5, 0.6) is 0 Å². The Bertz CT molecular complexity index is 201. The average molecular weight is 202 g/mol. The molecule has 3 heteroatoms. The third-order valence-electron chi connectivity index (χ3n) is 1.92. The third-order valence-corrected chi connectivity index (χ3v) is 1.92. The van der Waals surface area contributed by atoms with Crippen LogP contribution in [0, 0.1) is 0 Å². The standard InChI is InChI=1S/C11H22O3/c1-8(13-10(3,4)5)11(6,7)14-9(2)12/h8H,1-7H3. The molecule has 1 unspecified atom stereocenters. The van der Waals surface area contributed by atoms with Crippen LogP contribution >= 0.6 is 0 Å². The second-order valence-electron chi connectivity index (χ2n) is 5.07. The highest BCUT2D eigenvalue weighted by molar-refractivity contribution is 5.66. The number of hydrogen-bond acceptors (Lipinski definition) is 3. The summed E-state index contributed by atoms with van der Waals surface area (Å²) in [7, 11) is 0. The van der Waals surface area contributed by atoms with E-state index in [9.17, 15) is 4.79 Å². The van der Waals surface area contributed by atoms with Gasteiger partial charge in [-0.2, -0.15) is 0 Å². The van der Waals surface area contributed by atoms with Gasteiger partial charge in [-0.05, 0) is 41.5 Å². The molecule has 0 spiro atoms. The van der Waals surface area contributed by atoms with Gasteiger partial charge in [-0.25, -0.2) is 0 Å². The number of esters is 1. The molecule has 0 heterocycles.